The van der Waals surface area contributed by atoms with E-state index in [0.29, 0.717) is 43.8 Å². The number of carbonyl (C=O) groups is 2. The Labute approximate surface area is 184 Å². The van der Waals surface area contributed by atoms with Crippen molar-refractivity contribution in [3.63, 3.8) is 0 Å². The normalized spacial score (nSPS) is 18.8. The largest absolute Gasteiger partial charge is 0.482 e. The van der Waals surface area contributed by atoms with E-state index in [2.05, 4.69) is 0 Å². The number of esters is 1. The molecule has 0 fully saturated rings. The number of hydrogen-bond donors (Lipinski definition) is 0. The number of halogens is 3. The van der Waals surface area contributed by atoms with Gasteiger partial charge in [-0.25, -0.2) is 13.6 Å². The number of aryl methyl sites for hydroxylation is 2. The molecule has 2 aromatic carbocycles. The van der Waals surface area contributed by atoms with Crippen LogP contribution in [0, 0.1) is 11.6 Å². The summed E-state index contributed by atoms with van der Waals surface area (Å²) in [5.74, 6) is 0.0959. The van der Waals surface area contributed by atoms with Crippen molar-refractivity contribution < 1.29 is 32.6 Å². The monoisotopic (exact) mass is 452 g/mol. The second-order valence-electron chi connectivity index (χ2n) is 7.15. The van der Waals surface area contributed by atoms with Crippen molar-refractivity contribution in [3.05, 3.63) is 59.2 Å². The third-order valence-electron chi connectivity index (χ3n) is 4.98. The zero-order valence-corrected chi connectivity index (χ0v) is 17.8. The highest BCUT2D eigenvalue weighted by Crippen LogP contribution is 2.29. The van der Waals surface area contributed by atoms with Gasteiger partial charge < -0.3 is 14.2 Å². The summed E-state index contributed by atoms with van der Waals surface area (Å²) in [7, 11) is 0. The van der Waals surface area contributed by atoms with E-state index in [-0.39, 0.29) is 29.3 Å². The van der Waals surface area contributed by atoms with Crippen LogP contribution in [0.4, 0.5) is 8.78 Å². The number of ether oxygens (including phenoxy) is 3. The molecule has 0 radical (unpaired) electrons. The Kier molecular flexibility index (Phi) is 7.85. The molecular weight excluding hydrogens is 430 g/mol. The lowest BCUT2D eigenvalue weighted by atomic mass is 10.0. The molecule has 0 unspecified atom stereocenters. The third-order valence-corrected chi connectivity index (χ3v) is 5.24. The van der Waals surface area contributed by atoms with E-state index >= 15 is 0 Å². The van der Waals surface area contributed by atoms with Gasteiger partial charge in [-0.1, -0.05) is 0 Å². The molecule has 2 heterocycles. The first-order valence-corrected chi connectivity index (χ1v) is 10.6. The van der Waals surface area contributed by atoms with Gasteiger partial charge in [-0.15, -0.1) is 11.6 Å². The predicted molar refractivity (Wildman–Crippen MR) is 111 cm³/mol. The maximum absolute atomic E-state index is 12.9. The van der Waals surface area contributed by atoms with Crippen molar-refractivity contribution in [2.75, 3.05) is 12.5 Å². The average molecular weight is 453 g/mol. The first kappa shape index (κ1) is 23.0. The highest BCUT2D eigenvalue weighted by Gasteiger charge is 2.27. The van der Waals surface area contributed by atoms with E-state index in [4.69, 9.17) is 25.8 Å². The van der Waals surface area contributed by atoms with Gasteiger partial charge in [-0.3, -0.25) is 4.79 Å². The van der Waals surface area contributed by atoms with E-state index in [0.717, 1.165) is 11.1 Å². The van der Waals surface area contributed by atoms with Crippen LogP contribution in [-0.2, 0) is 27.2 Å². The third kappa shape index (κ3) is 5.94. The fraction of sp³-hybridized carbons (Fsp3) is 0.391. The molecule has 0 spiro atoms. The summed E-state index contributed by atoms with van der Waals surface area (Å²) >= 11 is 5.45. The molecule has 2 aromatic rings. The molecule has 0 aliphatic carbocycles. The Balaban J connectivity index is 0.000000176. The van der Waals surface area contributed by atoms with Crippen LogP contribution >= 0.6 is 11.6 Å². The van der Waals surface area contributed by atoms with Gasteiger partial charge in [0.1, 0.15) is 23.1 Å². The SMILES string of the molecule is CCOC(=O)[C@H]1CCc2cc(F)ccc2O1.O=C(CCl)[C@H]1CCc2cc(F)ccc2O1. The molecule has 0 bridgehead atoms. The van der Waals surface area contributed by atoms with Crippen molar-refractivity contribution in [3.8, 4) is 11.5 Å². The second-order valence-corrected chi connectivity index (χ2v) is 7.41. The van der Waals surface area contributed by atoms with Gasteiger partial charge in [0.2, 0.25) is 0 Å². The second kappa shape index (κ2) is 10.6. The minimum Gasteiger partial charge on any atom is -0.482 e. The highest BCUT2D eigenvalue weighted by atomic mass is 35.5. The van der Waals surface area contributed by atoms with E-state index in [1.54, 1.807) is 19.1 Å². The zero-order chi connectivity index (χ0) is 22.4. The zero-order valence-electron chi connectivity index (χ0n) is 17.0. The van der Waals surface area contributed by atoms with Crippen molar-refractivity contribution in [2.24, 2.45) is 0 Å². The van der Waals surface area contributed by atoms with Crippen molar-refractivity contribution in [1.29, 1.82) is 0 Å². The van der Waals surface area contributed by atoms with Crippen molar-refractivity contribution >= 4 is 23.4 Å². The molecule has 0 saturated heterocycles. The number of Topliss-reactive ketones (excluding diaryl/α,β-unsaturated/α-hetero) is 1. The number of rotatable bonds is 4. The molecular formula is C23H23ClF2O5. The molecule has 2 aliphatic rings. The predicted octanol–water partition coefficient (Wildman–Crippen LogP) is 4.41. The summed E-state index contributed by atoms with van der Waals surface area (Å²) < 4.78 is 41.6. The number of hydrogen-bond acceptors (Lipinski definition) is 5. The maximum atomic E-state index is 12.9. The minimum absolute atomic E-state index is 0.0405. The van der Waals surface area contributed by atoms with E-state index in [1.807, 2.05) is 0 Å². The molecule has 5 nitrogen and oxygen atoms in total. The van der Waals surface area contributed by atoms with Gasteiger partial charge in [0, 0.05) is 0 Å². The Hall–Kier alpha value is -2.67. The fourth-order valence-electron chi connectivity index (χ4n) is 3.43. The lowest BCUT2D eigenvalue weighted by Crippen LogP contribution is -2.32. The van der Waals surface area contributed by atoms with Crippen LogP contribution in [-0.4, -0.2) is 36.4 Å². The molecule has 2 atom stereocenters. The average Bonchev–Trinajstić information content (AvgIpc) is 2.78. The molecule has 31 heavy (non-hydrogen) atoms. The lowest BCUT2D eigenvalue weighted by molar-refractivity contribution is -0.152. The Morgan fingerprint density at radius 1 is 0.968 bits per heavy atom. The number of carbonyl (C=O) groups excluding carboxylic acids is 2. The van der Waals surface area contributed by atoms with Gasteiger partial charge in [-0.2, -0.15) is 0 Å². The summed E-state index contributed by atoms with van der Waals surface area (Å²) in [6, 6.07) is 8.64. The van der Waals surface area contributed by atoms with Crippen LogP contribution in [0.3, 0.4) is 0 Å². The highest BCUT2D eigenvalue weighted by molar-refractivity contribution is 6.28. The Morgan fingerprint density at radius 3 is 2.00 bits per heavy atom. The van der Waals surface area contributed by atoms with Gasteiger partial charge >= 0.3 is 5.97 Å². The molecule has 0 N–H and O–H groups in total. The molecule has 0 saturated carbocycles. The van der Waals surface area contributed by atoms with Gasteiger partial charge in [0.25, 0.3) is 0 Å². The summed E-state index contributed by atoms with van der Waals surface area (Å²) in [4.78, 5) is 22.8. The standard InChI is InChI=1S/C12H13FO3.C11H10ClFO2/c1-2-15-12(14)11-5-3-8-7-9(13)4-6-10(8)16-11;12-6-9(14)11-3-1-7-5-8(13)2-4-10(7)15-11/h4,6-7,11H,2-3,5H2,1H3;2,4-5,11H,1,3,6H2/t2*11-/m11/s1. The van der Waals surface area contributed by atoms with Crippen LogP contribution < -0.4 is 9.47 Å². The Morgan fingerprint density at radius 2 is 1.48 bits per heavy atom. The first-order chi connectivity index (χ1) is 14.9. The maximum Gasteiger partial charge on any atom is 0.347 e. The number of ketones is 1. The van der Waals surface area contributed by atoms with Crippen LogP contribution in [0.25, 0.3) is 0 Å². The molecule has 4 rings (SSSR count). The van der Waals surface area contributed by atoms with Gasteiger partial charge in [0.15, 0.2) is 18.0 Å². The van der Waals surface area contributed by atoms with E-state index in [1.165, 1.54) is 24.3 Å². The quantitative estimate of drug-likeness (QED) is 0.508. The van der Waals surface area contributed by atoms with Crippen LogP contribution in [0.1, 0.15) is 30.9 Å². The minimum atomic E-state index is -0.557. The first-order valence-electron chi connectivity index (χ1n) is 10.1. The van der Waals surface area contributed by atoms with E-state index < -0.39 is 12.2 Å². The summed E-state index contributed by atoms with van der Waals surface area (Å²) in [6.07, 6.45) is 1.37. The summed E-state index contributed by atoms with van der Waals surface area (Å²) in [5, 5.41) is 0. The molecule has 0 aromatic heterocycles. The van der Waals surface area contributed by atoms with Gasteiger partial charge in [-0.05, 0) is 80.1 Å². The number of alkyl halides is 1. The topological polar surface area (TPSA) is 61.8 Å². The molecule has 2 aliphatic heterocycles. The number of benzene rings is 2. The smallest absolute Gasteiger partial charge is 0.347 e. The lowest BCUT2D eigenvalue weighted by Gasteiger charge is -2.24. The van der Waals surface area contributed by atoms with Gasteiger partial charge in [0.05, 0.1) is 12.5 Å². The summed E-state index contributed by atoms with van der Waals surface area (Å²) in [6.45, 7) is 2.10. The van der Waals surface area contributed by atoms with Crippen LogP contribution in [0.2, 0.25) is 0 Å². The Bertz CT molecular complexity index is 950. The molecule has 166 valence electrons. The fourth-order valence-corrected chi connectivity index (χ4v) is 3.60. The van der Waals surface area contributed by atoms with Crippen LogP contribution in [0.5, 0.6) is 11.5 Å². The van der Waals surface area contributed by atoms with Crippen molar-refractivity contribution in [1.82, 2.24) is 0 Å². The number of fused-ring (bicyclic) bond motifs is 2. The van der Waals surface area contributed by atoms with E-state index in [9.17, 15) is 18.4 Å². The molecule has 8 heteroatoms. The van der Waals surface area contributed by atoms with Crippen molar-refractivity contribution in [2.45, 2.75) is 44.8 Å². The van der Waals surface area contributed by atoms with Crippen LogP contribution in [0.15, 0.2) is 36.4 Å². The molecule has 0 amide bonds. The summed E-state index contributed by atoms with van der Waals surface area (Å²) in [5.41, 5.74) is 1.62.